The summed E-state index contributed by atoms with van der Waals surface area (Å²) in [6.45, 7) is 3.22. The van der Waals surface area contributed by atoms with Crippen LogP contribution in [0.25, 0.3) is 11.2 Å². The first-order chi connectivity index (χ1) is 19.9. The highest BCUT2D eigenvalue weighted by Crippen LogP contribution is 2.41. The summed E-state index contributed by atoms with van der Waals surface area (Å²) in [7, 11) is -3.86. The number of fused-ring (bicyclic) bond motifs is 1. The Morgan fingerprint density at radius 3 is 2.29 bits per heavy atom. The summed E-state index contributed by atoms with van der Waals surface area (Å²) >= 11 is 0. The van der Waals surface area contributed by atoms with E-state index >= 15 is 0 Å². The third kappa shape index (κ3) is 14.0. The van der Waals surface area contributed by atoms with Gasteiger partial charge in [0.05, 0.1) is 32.2 Å². The van der Waals surface area contributed by atoms with Crippen LogP contribution in [0.1, 0.15) is 116 Å². The second-order valence-electron chi connectivity index (χ2n) is 11.7. The Bertz CT molecular complexity index is 1020. The number of nitrogen functional groups attached to an aromatic ring is 1. The van der Waals surface area contributed by atoms with Gasteiger partial charge in [0.15, 0.2) is 11.5 Å². The zero-order valence-corrected chi connectivity index (χ0v) is 26.2. The lowest BCUT2D eigenvalue weighted by molar-refractivity contribution is 0.0610. The number of nitrogens with two attached hydrogens (primary N) is 1. The molecule has 11 heteroatoms. The number of rotatable bonds is 23. The Morgan fingerprint density at radius 1 is 0.927 bits per heavy atom. The SMILES string of the molecule is C[C@H](Cn1cnc2c(N)ncnc21)OCP(=O)(O)OCCOCCCCCCCCCCCCCC1CCCCC1. The lowest BCUT2D eigenvalue weighted by Gasteiger charge is -2.21. The molecule has 2 aromatic rings. The highest BCUT2D eigenvalue weighted by atomic mass is 31.2. The minimum Gasteiger partial charge on any atom is -0.382 e. The Morgan fingerprint density at radius 2 is 1.59 bits per heavy atom. The van der Waals surface area contributed by atoms with Gasteiger partial charge in [-0.3, -0.25) is 4.57 Å². The number of anilines is 1. The van der Waals surface area contributed by atoms with Gasteiger partial charge in [-0.05, 0) is 19.3 Å². The monoisotopic (exact) mass is 595 g/mol. The van der Waals surface area contributed by atoms with Gasteiger partial charge < -0.3 is 29.2 Å². The largest absolute Gasteiger partial charge is 0.382 e. The maximum Gasteiger partial charge on any atom is 0.353 e. The van der Waals surface area contributed by atoms with Crippen molar-refractivity contribution in [3.63, 3.8) is 0 Å². The Balaban J connectivity index is 1.07. The molecule has 41 heavy (non-hydrogen) atoms. The van der Waals surface area contributed by atoms with E-state index in [0.717, 1.165) is 18.8 Å². The topological polar surface area (TPSA) is 135 Å². The molecule has 0 radical (unpaired) electrons. The number of ether oxygens (including phenoxy) is 2. The van der Waals surface area contributed by atoms with Crippen molar-refractivity contribution in [1.29, 1.82) is 0 Å². The van der Waals surface area contributed by atoms with Gasteiger partial charge in [0.25, 0.3) is 0 Å². The molecule has 0 amide bonds. The number of nitrogens with zero attached hydrogens (tertiary/aromatic N) is 4. The molecule has 0 saturated heterocycles. The molecule has 1 saturated carbocycles. The molecule has 0 spiro atoms. The van der Waals surface area contributed by atoms with E-state index in [1.54, 1.807) is 17.8 Å². The second kappa shape index (κ2) is 19.6. The normalized spacial score (nSPS) is 16.7. The Kier molecular flexibility index (Phi) is 16.2. The molecule has 0 aliphatic heterocycles. The predicted molar refractivity (Wildman–Crippen MR) is 164 cm³/mol. The minimum atomic E-state index is -3.86. The average molecular weight is 596 g/mol. The van der Waals surface area contributed by atoms with Crippen molar-refractivity contribution >= 4 is 24.6 Å². The van der Waals surface area contributed by atoms with Crippen molar-refractivity contribution in [1.82, 2.24) is 19.5 Å². The summed E-state index contributed by atoms with van der Waals surface area (Å²) in [6, 6.07) is 0. The fourth-order valence-electron chi connectivity index (χ4n) is 5.67. The van der Waals surface area contributed by atoms with Crippen LogP contribution in [0.3, 0.4) is 0 Å². The van der Waals surface area contributed by atoms with Crippen LogP contribution >= 0.6 is 7.60 Å². The summed E-state index contributed by atoms with van der Waals surface area (Å²) in [5.41, 5.74) is 6.92. The highest BCUT2D eigenvalue weighted by Gasteiger charge is 2.22. The lowest BCUT2D eigenvalue weighted by Crippen LogP contribution is -2.18. The number of aromatic nitrogens is 4. The van der Waals surface area contributed by atoms with E-state index in [1.807, 2.05) is 0 Å². The average Bonchev–Trinajstić information content (AvgIpc) is 3.38. The standard InChI is InChI=1S/C30H54N5O5P/c1-26(22-35-24-34-28-29(31)32-23-33-30(28)35)39-25-41(36,37)40-21-20-38-19-15-10-8-6-4-2-3-5-7-9-12-16-27-17-13-11-14-18-27/h23-24,26-27H,2-22,25H2,1H3,(H,36,37)(H2,31,32,33)/t26-/m1/s1. The molecule has 0 bridgehead atoms. The van der Waals surface area contributed by atoms with Gasteiger partial charge in [0, 0.05) is 6.61 Å². The van der Waals surface area contributed by atoms with E-state index < -0.39 is 13.9 Å². The highest BCUT2D eigenvalue weighted by molar-refractivity contribution is 7.52. The van der Waals surface area contributed by atoms with E-state index in [-0.39, 0.29) is 12.7 Å². The van der Waals surface area contributed by atoms with Crippen LogP contribution in [0.2, 0.25) is 0 Å². The van der Waals surface area contributed by atoms with E-state index in [2.05, 4.69) is 15.0 Å². The van der Waals surface area contributed by atoms with Crippen LogP contribution in [0.4, 0.5) is 5.82 Å². The zero-order chi connectivity index (χ0) is 29.2. The first kappa shape index (κ1) is 33.9. The molecule has 1 unspecified atom stereocenters. The quantitative estimate of drug-likeness (QED) is 0.101. The third-order valence-electron chi connectivity index (χ3n) is 8.05. The summed E-state index contributed by atoms with van der Waals surface area (Å²) < 4.78 is 30.3. The van der Waals surface area contributed by atoms with Crippen LogP contribution < -0.4 is 5.73 Å². The first-order valence-corrected chi connectivity index (χ1v) is 17.8. The summed E-state index contributed by atoms with van der Waals surface area (Å²) in [6.07, 6.45) is 25.6. The van der Waals surface area contributed by atoms with Crippen LogP contribution in [-0.2, 0) is 25.1 Å². The van der Waals surface area contributed by atoms with Crippen LogP contribution in [0.15, 0.2) is 12.7 Å². The second-order valence-corrected chi connectivity index (χ2v) is 13.5. The molecule has 2 aromatic heterocycles. The molecule has 3 N–H and O–H groups in total. The fourth-order valence-corrected chi connectivity index (χ4v) is 6.54. The van der Waals surface area contributed by atoms with E-state index in [9.17, 15) is 9.46 Å². The number of hydrogen-bond donors (Lipinski definition) is 2. The summed E-state index contributed by atoms with van der Waals surface area (Å²) in [5.74, 6) is 1.35. The Hall–Kier alpha value is -1.58. The smallest absolute Gasteiger partial charge is 0.353 e. The molecule has 1 aliphatic rings. The van der Waals surface area contributed by atoms with Crippen molar-refractivity contribution < 1.29 is 23.5 Å². The van der Waals surface area contributed by atoms with Gasteiger partial charge in [0.1, 0.15) is 18.2 Å². The minimum absolute atomic E-state index is 0.0639. The molecular weight excluding hydrogens is 541 g/mol. The maximum atomic E-state index is 12.3. The molecule has 3 rings (SSSR count). The Labute approximate surface area is 246 Å². The first-order valence-electron chi connectivity index (χ1n) is 16.0. The van der Waals surface area contributed by atoms with Crippen molar-refractivity contribution in [3.05, 3.63) is 12.7 Å². The third-order valence-corrected chi connectivity index (χ3v) is 9.11. The molecule has 234 valence electrons. The molecule has 0 aromatic carbocycles. The summed E-state index contributed by atoms with van der Waals surface area (Å²) in [5, 5.41) is 0. The number of hydrogen-bond acceptors (Lipinski definition) is 8. The van der Waals surface area contributed by atoms with Crippen LogP contribution in [0.5, 0.6) is 0 Å². The maximum absolute atomic E-state index is 12.3. The van der Waals surface area contributed by atoms with E-state index in [0.29, 0.717) is 36.7 Å². The number of imidazole rings is 1. The van der Waals surface area contributed by atoms with Gasteiger partial charge in [-0.2, -0.15) is 0 Å². The van der Waals surface area contributed by atoms with Gasteiger partial charge in [-0.25, -0.2) is 15.0 Å². The van der Waals surface area contributed by atoms with Gasteiger partial charge in [0.2, 0.25) is 0 Å². The van der Waals surface area contributed by atoms with Crippen molar-refractivity contribution in [2.75, 3.05) is 31.9 Å². The van der Waals surface area contributed by atoms with Crippen LogP contribution in [0, 0.1) is 5.92 Å². The molecule has 1 aliphatic carbocycles. The molecule has 2 atom stereocenters. The number of unbranched alkanes of at least 4 members (excludes halogenated alkanes) is 10. The molecule has 10 nitrogen and oxygen atoms in total. The van der Waals surface area contributed by atoms with Crippen molar-refractivity contribution in [3.8, 4) is 0 Å². The van der Waals surface area contributed by atoms with Crippen molar-refractivity contribution in [2.24, 2.45) is 5.92 Å². The molecule has 1 fully saturated rings. The van der Waals surface area contributed by atoms with Crippen molar-refractivity contribution in [2.45, 2.75) is 129 Å². The van der Waals surface area contributed by atoms with Crippen LogP contribution in [-0.4, -0.2) is 56.7 Å². The summed E-state index contributed by atoms with van der Waals surface area (Å²) in [4.78, 5) is 22.4. The molecule has 2 heterocycles. The van der Waals surface area contributed by atoms with Gasteiger partial charge >= 0.3 is 7.60 Å². The van der Waals surface area contributed by atoms with E-state index in [1.165, 1.54) is 103 Å². The van der Waals surface area contributed by atoms with Gasteiger partial charge in [-0.1, -0.05) is 103 Å². The van der Waals surface area contributed by atoms with Gasteiger partial charge in [-0.15, -0.1) is 0 Å². The predicted octanol–water partition coefficient (Wildman–Crippen LogP) is 7.25. The fraction of sp³-hybridized carbons (Fsp3) is 0.833. The van der Waals surface area contributed by atoms with E-state index in [4.69, 9.17) is 19.7 Å². The lowest BCUT2D eigenvalue weighted by atomic mass is 9.85. The molecular formula is C30H54N5O5P. The zero-order valence-electron chi connectivity index (χ0n) is 25.3.